The average molecular weight is 399 g/mol. The summed E-state index contributed by atoms with van der Waals surface area (Å²) in [6, 6.07) is 7.75. The third kappa shape index (κ3) is 5.94. The fourth-order valence-electron chi connectivity index (χ4n) is 3.20. The van der Waals surface area contributed by atoms with Crippen LogP contribution in [-0.2, 0) is 30.7 Å². The number of carbonyl (C=O) groups excluding carboxylic acids is 1. The number of ether oxygens (including phenoxy) is 1. The third-order valence-corrected chi connectivity index (χ3v) is 4.60. The average Bonchev–Trinajstić information content (AvgIpc) is 3.13. The van der Waals surface area contributed by atoms with Crippen LogP contribution in [0.15, 0.2) is 29.3 Å². The summed E-state index contributed by atoms with van der Waals surface area (Å²) in [5.74, 6) is 2.84. The Morgan fingerprint density at radius 3 is 3.03 bits per heavy atom. The summed E-state index contributed by atoms with van der Waals surface area (Å²) in [6.07, 6.45) is 2.75. The molecule has 0 saturated carbocycles. The number of guanidine groups is 1. The van der Waals surface area contributed by atoms with Crippen molar-refractivity contribution >= 4 is 11.9 Å². The molecule has 1 aromatic carbocycles. The zero-order valence-electron chi connectivity index (χ0n) is 17.0. The third-order valence-electron chi connectivity index (χ3n) is 4.60. The first-order valence-electron chi connectivity index (χ1n) is 10.0. The molecule has 9 heteroatoms. The van der Waals surface area contributed by atoms with Gasteiger partial charge in [0.1, 0.15) is 11.6 Å². The first kappa shape index (κ1) is 20.6. The topological polar surface area (TPSA) is 119 Å². The van der Waals surface area contributed by atoms with E-state index >= 15 is 0 Å². The normalized spacial score (nSPS) is 16.2. The molecule has 0 aliphatic carbocycles. The van der Waals surface area contributed by atoms with Crippen LogP contribution in [0.2, 0.25) is 0 Å². The highest BCUT2D eigenvalue weighted by atomic mass is 16.5. The lowest BCUT2D eigenvalue weighted by Crippen LogP contribution is -2.47. The molecule has 1 aromatic heterocycles. The van der Waals surface area contributed by atoms with Gasteiger partial charge in [-0.3, -0.25) is 4.79 Å². The van der Waals surface area contributed by atoms with Gasteiger partial charge in [0, 0.05) is 25.4 Å². The molecule has 1 amide bonds. The molecule has 1 unspecified atom stereocenters. The lowest BCUT2D eigenvalue weighted by atomic mass is 10.1. The fraction of sp³-hybridized carbons (Fsp3) is 0.500. The molecule has 0 spiro atoms. The van der Waals surface area contributed by atoms with Gasteiger partial charge >= 0.3 is 0 Å². The van der Waals surface area contributed by atoms with Crippen molar-refractivity contribution in [2.75, 3.05) is 13.2 Å². The quantitative estimate of drug-likeness (QED) is 0.446. The number of carbonyl (C=O) groups is 1. The van der Waals surface area contributed by atoms with E-state index in [4.69, 9.17) is 15.5 Å². The molecule has 9 nitrogen and oxygen atoms in total. The molecule has 156 valence electrons. The number of aliphatic imine (C=N–C) groups is 1. The largest absolute Gasteiger partial charge is 0.484 e. The number of nitrogens with zero attached hydrogens (tertiary/aromatic N) is 4. The van der Waals surface area contributed by atoms with Gasteiger partial charge < -0.3 is 21.1 Å². The zero-order chi connectivity index (χ0) is 20.6. The molecule has 0 saturated heterocycles. The molecule has 0 radical (unpaired) electrons. The van der Waals surface area contributed by atoms with Crippen molar-refractivity contribution < 1.29 is 9.53 Å². The van der Waals surface area contributed by atoms with Gasteiger partial charge in [-0.2, -0.15) is 5.10 Å². The zero-order valence-corrected chi connectivity index (χ0v) is 17.0. The number of aromatic nitrogens is 3. The smallest absolute Gasteiger partial charge is 0.255 e. The second-order valence-electron chi connectivity index (χ2n) is 6.96. The summed E-state index contributed by atoms with van der Waals surface area (Å²) in [5, 5.41) is 11.4. The van der Waals surface area contributed by atoms with E-state index < -0.39 is 5.91 Å². The van der Waals surface area contributed by atoms with Gasteiger partial charge in [-0.25, -0.2) is 14.7 Å². The van der Waals surface area contributed by atoms with Gasteiger partial charge in [0.15, 0.2) is 18.4 Å². The molecule has 4 N–H and O–H groups in total. The van der Waals surface area contributed by atoms with Crippen LogP contribution >= 0.6 is 0 Å². The SMILES string of the molecule is CCNC(=NCc1cccc(OCC(N)=O)c1)NC1CCc2nc(CC)nn2C1. The van der Waals surface area contributed by atoms with E-state index in [-0.39, 0.29) is 12.6 Å². The Morgan fingerprint density at radius 2 is 2.28 bits per heavy atom. The van der Waals surface area contributed by atoms with E-state index in [9.17, 15) is 4.79 Å². The van der Waals surface area contributed by atoms with E-state index in [1.54, 1.807) is 6.07 Å². The summed E-state index contributed by atoms with van der Waals surface area (Å²) in [5.41, 5.74) is 6.11. The second kappa shape index (κ2) is 9.90. The van der Waals surface area contributed by atoms with Crippen LogP contribution in [-0.4, -0.2) is 45.8 Å². The van der Waals surface area contributed by atoms with E-state index in [0.29, 0.717) is 12.3 Å². The Balaban J connectivity index is 1.61. The molecule has 0 fully saturated rings. The van der Waals surface area contributed by atoms with Crippen LogP contribution < -0.4 is 21.1 Å². The number of aryl methyl sites for hydroxylation is 2. The molecule has 3 rings (SSSR count). The molecule has 1 aliphatic heterocycles. The van der Waals surface area contributed by atoms with Crippen LogP contribution in [0.4, 0.5) is 0 Å². The van der Waals surface area contributed by atoms with Crippen LogP contribution in [0.25, 0.3) is 0 Å². The summed E-state index contributed by atoms with van der Waals surface area (Å²) in [4.78, 5) is 20.1. The van der Waals surface area contributed by atoms with Gasteiger partial charge in [0.05, 0.1) is 13.1 Å². The number of rotatable bonds is 8. The van der Waals surface area contributed by atoms with Crippen LogP contribution in [0.3, 0.4) is 0 Å². The number of fused-ring (bicyclic) bond motifs is 1. The summed E-state index contributed by atoms with van der Waals surface area (Å²) in [7, 11) is 0. The standard InChI is InChI=1S/C20H29N7O2/c1-3-18-25-19-9-8-15(12-27(19)26-18)24-20(22-4-2)23-11-14-6-5-7-16(10-14)29-13-17(21)28/h5-7,10,15H,3-4,8-9,11-13H2,1-2H3,(H2,21,28)(H2,22,23,24). The monoisotopic (exact) mass is 399 g/mol. The molecular formula is C20H29N7O2. The second-order valence-corrected chi connectivity index (χ2v) is 6.96. The highest BCUT2D eigenvalue weighted by molar-refractivity contribution is 5.80. The lowest BCUT2D eigenvalue weighted by molar-refractivity contribution is -0.119. The van der Waals surface area contributed by atoms with Gasteiger partial charge in [-0.05, 0) is 31.0 Å². The minimum absolute atomic E-state index is 0.136. The number of nitrogens with one attached hydrogen (secondary N) is 2. The molecule has 29 heavy (non-hydrogen) atoms. The van der Waals surface area contributed by atoms with Crippen molar-refractivity contribution in [2.45, 2.75) is 52.2 Å². The molecule has 2 heterocycles. The van der Waals surface area contributed by atoms with Gasteiger partial charge in [0.2, 0.25) is 0 Å². The van der Waals surface area contributed by atoms with Crippen molar-refractivity contribution in [1.29, 1.82) is 0 Å². The van der Waals surface area contributed by atoms with Crippen molar-refractivity contribution in [2.24, 2.45) is 10.7 Å². The predicted molar refractivity (Wildman–Crippen MR) is 111 cm³/mol. The highest BCUT2D eigenvalue weighted by Crippen LogP contribution is 2.15. The van der Waals surface area contributed by atoms with E-state index in [0.717, 1.165) is 55.5 Å². The predicted octanol–water partition coefficient (Wildman–Crippen LogP) is 0.775. The van der Waals surface area contributed by atoms with E-state index in [2.05, 4.69) is 27.6 Å². The number of nitrogens with two attached hydrogens (primary N) is 1. The van der Waals surface area contributed by atoms with Crippen LogP contribution in [0.5, 0.6) is 5.75 Å². The molecule has 2 aromatic rings. The molecule has 1 aliphatic rings. The Hall–Kier alpha value is -3.10. The number of hydrogen-bond acceptors (Lipinski definition) is 5. The van der Waals surface area contributed by atoms with Gasteiger partial charge in [-0.1, -0.05) is 19.1 Å². The first-order chi connectivity index (χ1) is 14.1. The Labute approximate surface area is 170 Å². The highest BCUT2D eigenvalue weighted by Gasteiger charge is 2.22. The fourth-order valence-corrected chi connectivity index (χ4v) is 3.20. The minimum atomic E-state index is -0.499. The molecular weight excluding hydrogens is 370 g/mol. The Bertz CT molecular complexity index is 862. The van der Waals surface area contributed by atoms with Crippen molar-refractivity contribution in [1.82, 2.24) is 25.4 Å². The summed E-state index contributed by atoms with van der Waals surface area (Å²) < 4.78 is 7.36. The molecule has 0 bridgehead atoms. The van der Waals surface area contributed by atoms with E-state index in [1.807, 2.05) is 29.8 Å². The first-order valence-corrected chi connectivity index (χ1v) is 10.0. The number of hydrogen-bond donors (Lipinski definition) is 3. The van der Waals surface area contributed by atoms with Crippen molar-refractivity contribution in [3.8, 4) is 5.75 Å². The van der Waals surface area contributed by atoms with Gasteiger partial charge in [0.25, 0.3) is 5.91 Å². The maximum atomic E-state index is 10.9. The van der Waals surface area contributed by atoms with Crippen molar-refractivity contribution in [3.63, 3.8) is 0 Å². The Kier molecular flexibility index (Phi) is 7.04. The summed E-state index contributed by atoms with van der Waals surface area (Å²) >= 11 is 0. The number of benzene rings is 1. The van der Waals surface area contributed by atoms with E-state index in [1.165, 1.54) is 0 Å². The maximum absolute atomic E-state index is 10.9. The number of primary amides is 1. The summed E-state index contributed by atoms with van der Waals surface area (Å²) in [6.45, 7) is 6.02. The minimum Gasteiger partial charge on any atom is -0.484 e. The lowest BCUT2D eigenvalue weighted by Gasteiger charge is -2.25. The van der Waals surface area contributed by atoms with Crippen LogP contribution in [0, 0.1) is 0 Å². The Morgan fingerprint density at radius 1 is 1.41 bits per heavy atom. The van der Waals surface area contributed by atoms with Crippen LogP contribution in [0.1, 0.15) is 37.5 Å². The maximum Gasteiger partial charge on any atom is 0.255 e. The van der Waals surface area contributed by atoms with Crippen molar-refractivity contribution in [3.05, 3.63) is 41.5 Å². The number of amides is 1. The van der Waals surface area contributed by atoms with Gasteiger partial charge in [-0.15, -0.1) is 0 Å². The molecule has 1 atom stereocenters.